The number of amides is 1. The maximum atomic E-state index is 12.6. The fourth-order valence-corrected chi connectivity index (χ4v) is 4.44. The monoisotopic (exact) mass is 552 g/mol. The highest BCUT2D eigenvalue weighted by Gasteiger charge is 2.22. The Hall–Kier alpha value is -3.30. The highest BCUT2D eigenvalue weighted by atomic mass is 79.9. The van der Waals surface area contributed by atoms with Gasteiger partial charge in [-0.3, -0.25) is 9.36 Å². The average Bonchev–Trinajstić information content (AvgIpc) is 3.30. The molecular formula is C26H25BrN4O3S. The van der Waals surface area contributed by atoms with Crippen molar-refractivity contribution in [2.75, 3.05) is 18.2 Å². The number of nitrogens with zero attached hydrogens (tertiary/aromatic N) is 3. The number of ether oxygens (including phenoxy) is 2. The molecule has 0 bridgehead atoms. The molecule has 1 amide bonds. The highest BCUT2D eigenvalue weighted by molar-refractivity contribution is 9.10. The number of benzene rings is 3. The second-order valence-corrected chi connectivity index (χ2v) is 9.55. The van der Waals surface area contributed by atoms with Crippen LogP contribution in [0.25, 0.3) is 5.69 Å². The van der Waals surface area contributed by atoms with Gasteiger partial charge in [0, 0.05) is 21.9 Å². The van der Waals surface area contributed by atoms with Crippen molar-refractivity contribution in [3.8, 4) is 17.2 Å². The molecule has 0 radical (unpaired) electrons. The Kier molecular flexibility index (Phi) is 8.09. The van der Waals surface area contributed by atoms with Crippen LogP contribution in [0, 0.1) is 6.92 Å². The van der Waals surface area contributed by atoms with Gasteiger partial charge in [-0.05, 0) is 61.9 Å². The van der Waals surface area contributed by atoms with Crippen molar-refractivity contribution in [2.24, 2.45) is 0 Å². The first-order valence-corrected chi connectivity index (χ1v) is 12.7. The topological polar surface area (TPSA) is 78.3 Å². The average molecular weight is 553 g/mol. The summed E-state index contributed by atoms with van der Waals surface area (Å²) in [6, 6.07) is 22.9. The summed E-state index contributed by atoms with van der Waals surface area (Å²) in [6.45, 7) is 3.90. The number of thioether (sulfide) groups is 1. The number of para-hydroxylation sites is 1. The molecule has 0 fully saturated rings. The number of hydrogen-bond acceptors (Lipinski definition) is 6. The van der Waals surface area contributed by atoms with Crippen LogP contribution in [-0.4, -0.2) is 33.5 Å². The Bertz CT molecular complexity index is 1310. The molecule has 1 heterocycles. The summed E-state index contributed by atoms with van der Waals surface area (Å²) in [5, 5.41) is 12.3. The van der Waals surface area contributed by atoms with Gasteiger partial charge in [0.1, 0.15) is 11.5 Å². The summed E-state index contributed by atoms with van der Waals surface area (Å²) < 4.78 is 14.4. The Labute approximate surface area is 217 Å². The van der Waals surface area contributed by atoms with Gasteiger partial charge in [0.25, 0.3) is 0 Å². The first-order valence-electron chi connectivity index (χ1n) is 10.9. The number of carbonyl (C=O) groups excluding carboxylic acids is 1. The zero-order chi connectivity index (χ0) is 24.8. The number of anilines is 1. The zero-order valence-corrected chi connectivity index (χ0v) is 22.0. The number of halogens is 1. The number of aromatic nitrogens is 3. The molecule has 4 rings (SSSR count). The van der Waals surface area contributed by atoms with E-state index in [1.165, 1.54) is 11.8 Å². The minimum absolute atomic E-state index is 0.124. The molecule has 4 aromatic rings. The van der Waals surface area contributed by atoms with Crippen LogP contribution in [0.4, 0.5) is 5.69 Å². The molecule has 9 heteroatoms. The number of hydrogen-bond donors (Lipinski definition) is 1. The molecule has 0 spiro atoms. The van der Waals surface area contributed by atoms with Gasteiger partial charge in [0.2, 0.25) is 5.91 Å². The van der Waals surface area contributed by atoms with Crippen LogP contribution in [0.3, 0.4) is 0 Å². The Morgan fingerprint density at radius 3 is 2.57 bits per heavy atom. The molecule has 7 nitrogen and oxygen atoms in total. The first kappa shape index (κ1) is 24.8. The Balaban J connectivity index is 1.53. The minimum Gasteiger partial charge on any atom is -0.497 e. The fraction of sp³-hybridized carbons (Fsp3) is 0.192. The summed E-state index contributed by atoms with van der Waals surface area (Å²) in [5.74, 6) is 2.07. The summed E-state index contributed by atoms with van der Waals surface area (Å²) in [5.41, 5.74) is 2.69. The first-order chi connectivity index (χ1) is 16.9. The molecule has 180 valence electrons. The third kappa shape index (κ3) is 6.23. The molecule has 1 aromatic heterocycles. The molecule has 0 aliphatic rings. The predicted molar refractivity (Wildman–Crippen MR) is 142 cm³/mol. The van der Waals surface area contributed by atoms with Crippen molar-refractivity contribution in [1.29, 1.82) is 0 Å². The fourth-order valence-electron chi connectivity index (χ4n) is 3.44. The van der Waals surface area contributed by atoms with E-state index in [0.717, 1.165) is 21.4 Å². The van der Waals surface area contributed by atoms with Gasteiger partial charge in [-0.25, -0.2) is 0 Å². The third-order valence-electron chi connectivity index (χ3n) is 5.16. The maximum absolute atomic E-state index is 12.6. The van der Waals surface area contributed by atoms with Gasteiger partial charge in [-0.15, -0.1) is 10.2 Å². The standard InChI is InChI=1S/C26H25BrN4O3S/c1-17-14-19(12-13-23(17)27)28-24(32)16-35-26-30-29-25(31(26)20-8-5-4-6-9-20)18(2)34-22-11-7-10-21(15-22)33-3/h4-15,18H,16H2,1-3H3,(H,28,32). The maximum Gasteiger partial charge on any atom is 0.234 e. The summed E-state index contributed by atoms with van der Waals surface area (Å²) in [4.78, 5) is 12.6. The van der Waals surface area contributed by atoms with Gasteiger partial charge >= 0.3 is 0 Å². The summed E-state index contributed by atoms with van der Waals surface area (Å²) >= 11 is 4.80. The molecule has 35 heavy (non-hydrogen) atoms. The van der Waals surface area contributed by atoms with E-state index in [-0.39, 0.29) is 11.7 Å². The van der Waals surface area contributed by atoms with E-state index in [2.05, 4.69) is 31.4 Å². The van der Waals surface area contributed by atoms with Crippen LogP contribution in [0.5, 0.6) is 11.5 Å². The van der Waals surface area contributed by atoms with Crippen molar-refractivity contribution in [3.63, 3.8) is 0 Å². The smallest absolute Gasteiger partial charge is 0.234 e. The van der Waals surface area contributed by atoms with Gasteiger partial charge in [0.15, 0.2) is 17.1 Å². The largest absolute Gasteiger partial charge is 0.497 e. The van der Waals surface area contributed by atoms with E-state index >= 15 is 0 Å². The summed E-state index contributed by atoms with van der Waals surface area (Å²) in [6.07, 6.45) is -0.399. The lowest BCUT2D eigenvalue weighted by Crippen LogP contribution is -2.15. The van der Waals surface area contributed by atoms with Crippen LogP contribution < -0.4 is 14.8 Å². The molecule has 0 saturated heterocycles. The van der Waals surface area contributed by atoms with E-state index in [9.17, 15) is 4.79 Å². The quantitative estimate of drug-likeness (QED) is 0.248. The second kappa shape index (κ2) is 11.4. The molecule has 1 unspecified atom stereocenters. The van der Waals surface area contributed by atoms with E-state index < -0.39 is 6.10 Å². The van der Waals surface area contributed by atoms with Gasteiger partial charge in [0.05, 0.1) is 12.9 Å². The van der Waals surface area contributed by atoms with E-state index in [1.54, 1.807) is 7.11 Å². The van der Waals surface area contributed by atoms with Gasteiger partial charge < -0.3 is 14.8 Å². The SMILES string of the molecule is COc1cccc(OC(C)c2nnc(SCC(=O)Nc3ccc(Br)c(C)c3)n2-c2ccccc2)c1. The van der Waals surface area contributed by atoms with Crippen molar-refractivity contribution in [3.05, 3.63) is 88.7 Å². The van der Waals surface area contributed by atoms with Crippen molar-refractivity contribution in [2.45, 2.75) is 25.1 Å². The van der Waals surface area contributed by atoms with Crippen LogP contribution in [0.2, 0.25) is 0 Å². The van der Waals surface area contributed by atoms with Crippen LogP contribution in [0.1, 0.15) is 24.4 Å². The van der Waals surface area contributed by atoms with Crippen LogP contribution >= 0.6 is 27.7 Å². The molecule has 0 aliphatic carbocycles. The van der Waals surface area contributed by atoms with E-state index in [4.69, 9.17) is 9.47 Å². The zero-order valence-electron chi connectivity index (χ0n) is 19.6. The lowest BCUT2D eigenvalue weighted by molar-refractivity contribution is -0.113. The van der Waals surface area contributed by atoms with Gasteiger partial charge in [-0.2, -0.15) is 0 Å². The third-order valence-corrected chi connectivity index (χ3v) is 6.98. The number of aryl methyl sites for hydroxylation is 1. The van der Waals surface area contributed by atoms with Crippen LogP contribution in [-0.2, 0) is 4.79 Å². The van der Waals surface area contributed by atoms with Crippen molar-refractivity contribution in [1.82, 2.24) is 14.8 Å². The molecule has 3 aromatic carbocycles. The molecule has 1 atom stereocenters. The molecular weight excluding hydrogens is 528 g/mol. The predicted octanol–water partition coefficient (Wildman–Crippen LogP) is 6.22. The molecule has 1 N–H and O–H groups in total. The Morgan fingerprint density at radius 2 is 1.83 bits per heavy atom. The lowest BCUT2D eigenvalue weighted by atomic mass is 10.2. The van der Waals surface area contributed by atoms with Gasteiger partial charge in [-0.1, -0.05) is 52.0 Å². The number of rotatable bonds is 9. The normalized spacial score (nSPS) is 11.7. The Morgan fingerprint density at radius 1 is 1.06 bits per heavy atom. The van der Waals surface area contributed by atoms with Crippen LogP contribution in [0.15, 0.2) is 82.4 Å². The van der Waals surface area contributed by atoms with Crippen molar-refractivity contribution >= 4 is 39.3 Å². The summed E-state index contributed by atoms with van der Waals surface area (Å²) in [7, 11) is 1.62. The van der Waals surface area contributed by atoms with E-state index in [1.807, 2.05) is 91.2 Å². The number of methoxy groups -OCH3 is 1. The van der Waals surface area contributed by atoms with E-state index in [0.29, 0.717) is 22.5 Å². The molecule has 0 aliphatic heterocycles. The number of carbonyl (C=O) groups is 1. The number of nitrogens with one attached hydrogen (secondary N) is 1. The molecule has 0 saturated carbocycles. The lowest BCUT2D eigenvalue weighted by Gasteiger charge is -2.17. The highest BCUT2D eigenvalue weighted by Crippen LogP contribution is 2.29. The van der Waals surface area contributed by atoms with Crippen molar-refractivity contribution < 1.29 is 14.3 Å². The minimum atomic E-state index is -0.399. The second-order valence-electron chi connectivity index (χ2n) is 7.75.